The van der Waals surface area contributed by atoms with Gasteiger partial charge in [-0.25, -0.2) is 0 Å². The maximum atomic E-state index is 12.2. The molecule has 0 bridgehead atoms. The van der Waals surface area contributed by atoms with E-state index < -0.39 is 0 Å². The van der Waals surface area contributed by atoms with E-state index in [9.17, 15) is 4.79 Å². The van der Waals surface area contributed by atoms with Crippen LogP contribution in [-0.4, -0.2) is 31.6 Å². The summed E-state index contributed by atoms with van der Waals surface area (Å²) in [5.74, 6) is 1.38. The molecule has 1 atom stereocenters. The SMILES string of the molecule is COc1cccc2c1C(=O)CC1(CCNC1)O2. The van der Waals surface area contributed by atoms with Gasteiger partial charge in [0.1, 0.15) is 22.7 Å². The van der Waals surface area contributed by atoms with Crippen LogP contribution < -0.4 is 14.8 Å². The first-order valence-electron chi connectivity index (χ1n) is 5.84. The minimum absolute atomic E-state index is 0.118. The molecule has 3 rings (SSSR count). The Hall–Kier alpha value is -1.55. The number of carbonyl (C=O) groups is 1. The zero-order valence-electron chi connectivity index (χ0n) is 9.79. The molecule has 4 heteroatoms. The van der Waals surface area contributed by atoms with E-state index in [4.69, 9.17) is 9.47 Å². The zero-order valence-corrected chi connectivity index (χ0v) is 9.79. The maximum Gasteiger partial charge on any atom is 0.174 e. The van der Waals surface area contributed by atoms with Crippen molar-refractivity contribution in [2.24, 2.45) is 0 Å². The normalized spacial score (nSPS) is 26.8. The zero-order chi connectivity index (χ0) is 11.9. The Bertz CT molecular complexity index is 464. The lowest BCUT2D eigenvalue weighted by molar-refractivity contribution is 0.0522. The molecule has 0 radical (unpaired) electrons. The second-order valence-electron chi connectivity index (χ2n) is 4.65. The van der Waals surface area contributed by atoms with Crippen LogP contribution >= 0.6 is 0 Å². The molecule has 1 fully saturated rings. The molecule has 17 heavy (non-hydrogen) atoms. The van der Waals surface area contributed by atoms with Gasteiger partial charge in [0.15, 0.2) is 5.78 Å². The minimum atomic E-state index is -0.337. The number of rotatable bonds is 1. The van der Waals surface area contributed by atoms with Gasteiger partial charge in [-0.05, 0) is 18.7 Å². The number of hydrogen-bond donors (Lipinski definition) is 1. The minimum Gasteiger partial charge on any atom is -0.496 e. The molecule has 0 saturated carbocycles. The Labute approximate surface area is 99.9 Å². The summed E-state index contributed by atoms with van der Waals surface area (Å²) in [6.45, 7) is 1.65. The summed E-state index contributed by atoms with van der Waals surface area (Å²) in [7, 11) is 1.57. The molecule has 4 nitrogen and oxygen atoms in total. The lowest BCUT2D eigenvalue weighted by atomic mass is 9.89. The highest BCUT2D eigenvalue weighted by molar-refractivity contribution is 6.03. The quantitative estimate of drug-likeness (QED) is 0.796. The smallest absolute Gasteiger partial charge is 0.174 e. The lowest BCUT2D eigenvalue weighted by Gasteiger charge is -2.34. The highest BCUT2D eigenvalue weighted by Gasteiger charge is 2.43. The second kappa shape index (κ2) is 3.74. The molecule has 90 valence electrons. The summed E-state index contributed by atoms with van der Waals surface area (Å²) in [5.41, 5.74) is 0.253. The topological polar surface area (TPSA) is 47.6 Å². The van der Waals surface area contributed by atoms with E-state index >= 15 is 0 Å². The van der Waals surface area contributed by atoms with Crippen LogP contribution in [0, 0.1) is 0 Å². The van der Waals surface area contributed by atoms with Crippen LogP contribution in [0.3, 0.4) is 0 Å². The molecule has 0 aromatic heterocycles. The number of ether oxygens (including phenoxy) is 2. The van der Waals surface area contributed by atoms with Gasteiger partial charge < -0.3 is 14.8 Å². The summed E-state index contributed by atoms with van der Waals surface area (Å²) in [6.07, 6.45) is 1.32. The van der Waals surface area contributed by atoms with E-state index in [0.717, 1.165) is 19.5 Å². The Morgan fingerprint density at radius 2 is 2.35 bits per heavy atom. The molecule has 2 heterocycles. The average molecular weight is 233 g/mol. The fraction of sp³-hybridized carbons (Fsp3) is 0.462. The van der Waals surface area contributed by atoms with Crippen LogP contribution in [0.2, 0.25) is 0 Å². The number of hydrogen-bond acceptors (Lipinski definition) is 4. The molecular weight excluding hydrogens is 218 g/mol. The third kappa shape index (κ3) is 1.60. The first-order valence-corrected chi connectivity index (χ1v) is 5.84. The number of nitrogens with one attached hydrogen (secondary N) is 1. The first kappa shape index (κ1) is 10.6. The van der Waals surface area contributed by atoms with Crippen LogP contribution in [0.5, 0.6) is 11.5 Å². The molecule has 1 spiro atoms. The molecule has 1 saturated heterocycles. The van der Waals surface area contributed by atoms with Crippen LogP contribution in [0.1, 0.15) is 23.2 Å². The molecule has 1 N–H and O–H groups in total. The predicted octanol–water partition coefficient (Wildman–Crippen LogP) is 1.39. The van der Waals surface area contributed by atoms with Gasteiger partial charge in [0.2, 0.25) is 0 Å². The van der Waals surface area contributed by atoms with Gasteiger partial charge in [0.05, 0.1) is 13.5 Å². The first-order chi connectivity index (χ1) is 8.24. The number of Topliss-reactive ketones (excluding diaryl/α,β-unsaturated/α-hetero) is 1. The van der Waals surface area contributed by atoms with Crippen molar-refractivity contribution in [1.29, 1.82) is 0 Å². The van der Waals surface area contributed by atoms with Gasteiger partial charge in [0, 0.05) is 13.0 Å². The van der Waals surface area contributed by atoms with Gasteiger partial charge in [-0.15, -0.1) is 0 Å². The Balaban J connectivity index is 2.05. The Morgan fingerprint density at radius 1 is 1.47 bits per heavy atom. The molecular formula is C13H15NO3. The largest absolute Gasteiger partial charge is 0.496 e. The number of benzene rings is 1. The van der Waals surface area contributed by atoms with Crippen LogP contribution in [0.4, 0.5) is 0 Å². The van der Waals surface area contributed by atoms with Crippen molar-refractivity contribution in [2.75, 3.05) is 20.2 Å². The molecule has 1 unspecified atom stereocenters. The highest BCUT2D eigenvalue weighted by atomic mass is 16.5. The average Bonchev–Trinajstić information content (AvgIpc) is 2.76. The van der Waals surface area contributed by atoms with Gasteiger partial charge in [-0.1, -0.05) is 6.07 Å². The molecule has 1 aromatic rings. The lowest BCUT2D eigenvalue weighted by Crippen LogP contribution is -2.43. The number of fused-ring (bicyclic) bond motifs is 1. The van der Waals surface area contributed by atoms with E-state index in [1.807, 2.05) is 12.1 Å². The molecule has 2 aliphatic heterocycles. The summed E-state index contributed by atoms with van der Waals surface area (Å²) < 4.78 is 11.2. The maximum absolute atomic E-state index is 12.2. The third-order valence-corrected chi connectivity index (χ3v) is 3.50. The summed E-state index contributed by atoms with van der Waals surface area (Å²) in [6, 6.07) is 5.49. The van der Waals surface area contributed by atoms with Crippen molar-refractivity contribution in [3.63, 3.8) is 0 Å². The Morgan fingerprint density at radius 3 is 3.06 bits per heavy atom. The monoisotopic (exact) mass is 233 g/mol. The van der Waals surface area contributed by atoms with E-state index in [1.54, 1.807) is 13.2 Å². The number of methoxy groups -OCH3 is 1. The van der Waals surface area contributed by atoms with Crippen LogP contribution in [0.25, 0.3) is 0 Å². The van der Waals surface area contributed by atoms with Crippen molar-refractivity contribution in [3.05, 3.63) is 23.8 Å². The van der Waals surface area contributed by atoms with Crippen molar-refractivity contribution >= 4 is 5.78 Å². The van der Waals surface area contributed by atoms with Crippen LogP contribution in [-0.2, 0) is 0 Å². The van der Waals surface area contributed by atoms with Gasteiger partial charge in [0.25, 0.3) is 0 Å². The molecule has 2 aliphatic rings. The molecule has 0 amide bonds. The van der Waals surface area contributed by atoms with Crippen LogP contribution in [0.15, 0.2) is 18.2 Å². The van der Waals surface area contributed by atoms with Gasteiger partial charge in [-0.2, -0.15) is 0 Å². The Kier molecular flexibility index (Phi) is 2.33. The summed E-state index contributed by atoms with van der Waals surface area (Å²) in [4.78, 5) is 12.2. The number of carbonyl (C=O) groups excluding carboxylic acids is 1. The van der Waals surface area contributed by atoms with Crippen molar-refractivity contribution < 1.29 is 14.3 Å². The van der Waals surface area contributed by atoms with E-state index in [-0.39, 0.29) is 11.4 Å². The van der Waals surface area contributed by atoms with Gasteiger partial charge in [-0.3, -0.25) is 4.79 Å². The van der Waals surface area contributed by atoms with Crippen molar-refractivity contribution in [2.45, 2.75) is 18.4 Å². The molecule has 1 aromatic carbocycles. The fourth-order valence-corrected chi connectivity index (χ4v) is 2.65. The third-order valence-electron chi connectivity index (χ3n) is 3.50. The second-order valence-corrected chi connectivity index (χ2v) is 4.65. The van der Waals surface area contributed by atoms with E-state index in [2.05, 4.69) is 5.32 Å². The molecule has 0 aliphatic carbocycles. The van der Waals surface area contributed by atoms with Gasteiger partial charge >= 0.3 is 0 Å². The van der Waals surface area contributed by atoms with Crippen molar-refractivity contribution in [1.82, 2.24) is 5.32 Å². The summed E-state index contributed by atoms with van der Waals surface area (Å²) in [5, 5.41) is 3.25. The summed E-state index contributed by atoms with van der Waals surface area (Å²) >= 11 is 0. The van der Waals surface area contributed by atoms with E-state index in [1.165, 1.54) is 0 Å². The fourth-order valence-electron chi connectivity index (χ4n) is 2.65. The highest BCUT2D eigenvalue weighted by Crippen LogP contribution is 2.40. The van der Waals surface area contributed by atoms with Crippen molar-refractivity contribution in [3.8, 4) is 11.5 Å². The standard InChI is InChI=1S/C13H15NO3/c1-16-10-3-2-4-11-12(10)9(15)7-13(17-11)5-6-14-8-13/h2-4,14H,5-8H2,1H3. The van der Waals surface area contributed by atoms with E-state index in [0.29, 0.717) is 23.5 Å². The predicted molar refractivity (Wildman–Crippen MR) is 62.8 cm³/mol. The number of ketones is 1.